The quantitative estimate of drug-likeness (QED) is 0.593. The number of aryl methyl sites for hydroxylation is 1. The number of carbonyl (C=O) groups excluding carboxylic acids is 1. The largest absolute Gasteiger partial charge is 0.454 e. The standard InChI is InChI=1S/C30H32N2O4/c1-20-5-4-6-23(15-20)21-7-9-22(10-8-21)29-25-17-31(13-2-3-14-32(25)26(29)18-33)30(34)24-11-12-27-28(16-24)36-19-35-27/h4-12,15-16,25-26,29,33H,2-3,13-14,17-19H2,1H3/t25-,26-,29+/m1/s1. The zero-order valence-electron chi connectivity index (χ0n) is 20.6. The van der Waals surface area contributed by atoms with Crippen LogP contribution in [0.5, 0.6) is 11.5 Å². The average molecular weight is 485 g/mol. The number of carbonyl (C=O) groups is 1. The van der Waals surface area contributed by atoms with E-state index in [4.69, 9.17) is 9.47 Å². The number of rotatable bonds is 4. The maximum absolute atomic E-state index is 13.5. The van der Waals surface area contributed by atoms with E-state index in [2.05, 4.69) is 60.4 Å². The van der Waals surface area contributed by atoms with Crippen LogP contribution in [0.4, 0.5) is 0 Å². The van der Waals surface area contributed by atoms with E-state index >= 15 is 0 Å². The van der Waals surface area contributed by atoms with E-state index in [1.165, 1.54) is 22.3 Å². The maximum atomic E-state index is 13.5. The van der Waals surface area contributed by atoms with E-state index in [1.807, 2.05) is 17.0 Å². The SMILES string of the molecule is Cc1cccc(-c2ccc([C@@H]3[C@@H](CO)N4CCCCN(C(=O)c5ccc6c(c5)OCO6)C[C@H]34)cc2)c1. The molecule has 36 heavy (non-hydrogen) atoms. The van der Waals surface area contributed by atoms with Crippen molar-refractivity contribution in [1.82, 2.24) is 9.80 Å². The molecule has 0 radical (unpaired) electrons. The van der Waals surface area contributed by atoms with Gasteiger partial charge < -0.3 is 19.5 Å². The Balaban J connectivity index is 1.24. The first kappa shape index (κ1) is 23.1. The molecule has 0 aromatic heterocycles. The molecule has 1 amide bonds. The van der Waals surface area contributed by atoms with Crippen molar-refractivity contribution in [3.8, 4) is 22.6 Å². The molecule has 3 aromatic carbocycles. The van der Waals surface area contributed by atoms with Crippen LogP contribution in [0.3, 0.4) is 0 Å². The molecule has 3 aliphatic heterocycles. The molecule has 0 spiro atoms. The van der Waals surface area contributed by atoms with E-state index in [1.54, 1.807) is 6.07 Å². The number of aliphatic hydroxyl groups is 1. The van der Waals surface area contributed by atoms with Gasteiger partial charge in [-0.05, 0) is 61.2 Å². The molecule has 6 nitrogen and oxygen atoms in total. The molecule has 2 fully saturated rings. The Kier molecular flexibility index (Phi) is 6.15. The summed E-state index contributed by atoms with van der Waals surface area (Å²) < 4.78 is 10.9. The van der Waals surface area contributed by atoms with Gasteiger partial charge in [-0.2, -0.15) is 0 Å². The number of fused-ring (bicyclic) bond motifs is 2. The van der Waals surface area contributed by atoms with E-state index < -0.39 is 0 Å². The molecule has 6 heteroatoms. The minimum absolute atomic E-state index is 0.0242. The summed E-state index contributed by atoms with van der Waals surface area (Å²) in [6, 6.07) is 23.0. The fraction of sp³-hybridized carbons (Fsp3) is 0.367. The summed E-state index contributed by atoms with van der Waals surface area (Å²) in [5.74, 6) is 1.53. The molecule has 186 valence electrons. The van der Waals surface area contributed by atoms with Gasteiger partial charge in [0.1, 0.15) is 0 Å². The minimum atomic E-state index is 0.0242. The van der Waals surface area contributed by atoms with Gasteiger partial charge in [-0.15, -0.1) is 0 Å². The Morgan fingerprint density at radius 3 is 2.56 bits per heavy atom. The fourth-order valence-corrected chi connectivity index (χ4v) is 6.06. The lowest BCUT2D eigenvalue weighted by Gasteiger charge is -2.57. The highest BCUT2D eigenvalue weighted by Gasteiger charge is 2.49. The summed E-state index contributed by atoms with van der Waals surface area (Å²) in [5, 5.41) is 10.3. The van der Waals surface area contributed by atoms with Crippen LogP contribution in [0, 0.1) is 6.92 Å². The first-order chi connectivity index (χ1) is 17.6. The number of hydrogen-bond acceptors (Lipinski definition) is 5. The monoisotopic (exact) mass is 484 g/mol. The minimum Gasteiger partial charge on any atom is -0.454 e. The van der Waals surface area contributed by atoms with Crippen LogP contribution < -0.4 is 9.47 Å². The molecule has 0 saturated carbocycles. The summed E-state index contributed by atoms with van der Waals surface area (Å²) in [6.07, 6.45) is 1.96. The predicted molar refractivity (Wildman–Crippen MR) is 138 cm³/mol. The van der Waals surface area contributed by atoms with Gasteiger partial charge in [0.25, 0.3) is 5.91 Å². The maximum Gasteiger partial charge on any atom is 0.254 e. The summed E-state index contributed by atoms with van der Waals surface area (Å²) in [5.41, 5.74) is 5.50. The first-order valence-corrected chi connectivity index (χ1v) is 12.8. The van der Waals surface area contributed by atoms with E-state index in [-0.39, 0.29) is 37.3 Å². The molecule has 3 atom stereocenters. The smallest absolute Gasteiger partial charge is 0.254 e. The van der Waals surface area contributed by atoms with Crippen molar-refractivity contribution in [1.29, 1.82) is 0 Å². The van der Waals surface area contributed by atoms with Crippen molar-refractivity contribution >= 4 is 5.91 Å². The number of ether oxygens (including phenoxy) is 2. The third kappa shape index (κ3) is 4.14. The number of benzene rings is 3. The molecule has 1 N–H and O–H groups in total. The highest BCUT2D eigenvalue weighted by molar-refractivity contribution is 5.95. The number of amides is 1. The predicted octanol–water partition coefficient (Wildman–Crippen LogP) is 4.46. The van der Waals surface area contributed by atoms with Gasteiger partial charge in [0.2, 0.25) is 6.79 Å². The molecular weight excluding hydrogens is 452 g/mol. The molecule has 0 unspecified atom stereocenters. The molecule has 6 rings (SSSR count). The summed E-state index contributed by atoms with van der Waals surface area (Å²) in [7, 11) is 0. The van der Waals surface area contributed by atoms with E-state index in [0.717, 1.165) is 25.9 Å². The highest BCUT2D eigenvalue weighted by atomic mass is 16.7. The number of nitrogens with zero attached hydrogens (tertiary/aromatic N) is 2. The Bertz CT molecular complexity index is 1260. The van der Waals surface area contributed by atoms with Crippen LogP contribution in [0.25, 0.3) is 11.1 Å². The van der Waals surface area contributed by atoms with Gasteiger partial charge in [-0.3, -0.25) is 9.69 Å². The van der Waals surface area contributed by atoms with Crippen LogP contribution in [0.2, 0.25) is 0 Å². The normalized spacial score (nSPS) is 23.4. The lowest BCUT2D eigenvalue weighted by atomic mass is 9.74. The molecule has 0 bridgehead atoms. The second-order valence-electron chi connectivity index (χ2n) is 10.1. The van der Waals surface area contributed by atoms with Crippen LogP contribution >= 0.6 is 0 Å². The zero-order valence-corrected chi connectivity index (χ0v) is 20.6. The van der Waals surface area contributed by atoms with Gasteiger partial charge in [0.15, 0.2) is 11.5 Å². The summed E-state index contributed by atoms with van der Waals surface area (Å²) >= 11 is 0. The van der Waals surface area contributed by atoms with Crippen molar-refractivity contribution in [2.24, 2.45) is 0 Å². The zero-order chi connectivity index (χ0) is 24.6. The second-order valence-corrected chi connectivity index (χ2v) is 10.1. The van der Waals surface area contributed by atoms with Crippen molar-refractivity contribution < 1.29 is 19.4 Å². The molecule has 2 saturated heterocycles. The Hall–Kier alpha value is -3.35. The Labute approximate surface area is 212 Å². The van der Waals surface area contributed by atoms with E-state index in [0.29, 0.717) is 23.6 Å². The van der Waals surface area contributed by atoms with Gasteiger partial charge in [-0.1, -0.05) is 54.1 Å². The molecule has 3 heterocycles. The summed E-state index contributed by atoms with van der Waals surface area (Å²) in [4.78, 5) is 17.9. The number of aliphatic hydroxyl groups excluding tert-OH is 1. The Morgan fingerprint density at radius 2 is 1.75 bits per heavy atom. The lowest BCUT2D eigenvalue weighted by Crippen LogP contribution is -2.67. The number of hydrogen-bond donors (Lipinski definition) is 1. The average Bonchev–Trinajstić information content (AvgIpc) is 3.36. The van der Waals surface area contributed by atoms with Crippen molar-refractivity contribution in [2.45, 2.75) is 37.8 Å². The molecule has 3 aliphatic rings. The topological polar surface area (TPSA) is 62.2 Å². The van der Waals surface area contributed by atoms with Gasteiger partial charge in [-0.25, -0.2) is 0 Å². The molecular formula is C30H32N2O4. The third-order valence-electron chi connectivity index (χ3n) is 7.92. The van der Waals surface area contributed by atoms with Gasteiger partial charge >= 0.3 is 0 Å². The molecule has 0 aliphatic carbocycles. The van der Waals surface area contributed by atoms with Crippen molar-refractivity contribution in [3.63, 3.8) is 0 Å². The molecule has 3 aromatic rings. The van der Waals surface area contributed by atoms with Crippen LogP contribution in [0.1, 0.15) is 40.2 Å². The summed E-state index contributed by atoms with van der Waals surface area (Å²) in [6.45, 7) is 4.77. The van der Waals surface area contributed by atoms with Crippen LogP contribution in [0.15, 0.2) is 66.7 Å². The van der Waals surface area contributed by atoms with Crippen LogP contribution in [-0.2, 0) is 0 Å². The Morgan fingerprint density at radius 1 is 0.944 bits per heavy atom. The van der Waals surface area contributed by atoms with Crippen molar-refractivity contribution in [3.05, 3.63) is 83.4 Å². The lowest BCUT2D eigenvalue weighted by molar-refractivity contribution is -0.0606. The van der Waals surface area contributed by atoms with Crippen LogP contribution in [-0.4, -0.2) is 65.9 Å². The van der Waals surface area contributed by atoms with Crippen molar-refractivity contribution in [2.75, 3.05) is 33.0 Å². The van der Waals surface area contributed by atoms with Gasteiger partial charge in [0, 0.05) is 36.7 Å². The van der Waals surface area contributed by atoms with E-state index in [9.17, 15) is 9.90 Å². The highest BCUT2D eigenvalue weighted by Crippen LogP contribution is 2.42. The fourth-order valence-electron chi connectivity index (χ4n) is 6.06. The third-order valence-corrected chi connectivity index (χ3v) is 7.92. The first-order valence-electron chi connectivity index (χ1n) is 12.8. The van der Waals surface area contributed by atoms with Gasteiger partial charge in [0.05, 0.1) is 6.61 Å². The second kappa shape index (κ2) is 9.60.